The molecule has 2 aliphatic heterocycles. The maximum atomic E-state index is 5.38. The van der Waals surface area contributed by atoms with Gasteiger partial charge in [-0.15, -0.1) is 0 Å². The monoisotopic (exact) mass is 227 g/mol. The van der Waals surface area contributed by atoms with E-state index in [0.717, 1.165) is 34.9 Å². The lowest BCUT2D eigenvalue weighted by Crippen LogP contribution is -1.96. The molecular formula is C12H9N3O2. The molecule has 0 aliphatic carbocycles. The van der Waals surface area contributed by atoms with Crippen molar-refractivity contribution in [3.8, 4) is 11.5 Å². The van der Waals surface area contributed by atoms with Crippen LogP contribution in [-0.2, 0) is 6.42 Å². The van der Waals surface area contributed by atoms with Crippen molar-refractivity contribution in [2.45, 2.75) is 6.42 Å². The van der Waals surface area contributed by atoms with Gasteiger partial charge in [-0.05, 0) is 17.7 Å². The van der Waals surface area contributed by atoms with Gasteiger partial charge < -0.3 is 9.47 Å². The summed E-state index contributed by atoms with van der Waals surface area (Å²) in [5, 5.41) is 4.35. The summed E-state index contributed by atoms with van der Waals surface area (Å²) in [4.78, 5) is 4.29. The van der Waals surface area contributed by atoms with Gasteiger partial charge in [-0.2, -0.15) is 5.10 Å². The molecule has 5 heteroatoms. The van der Waals surface area contributed by atoms with Crippen LogP contribution in [-0.4, -0.2) is 22.7 Å². The molecule has 2 aromatic rings. The van der Waals surface area contributed by atoms with Crippen LogP contribution in [0.3, 0.4) is 0 Å². The lowest BCUT2D eigenvalue weighted by Gasteiger charge is -2.04. The van der Waals surface area contributed by atoms with Gasteiger partial charge in [0.2, 0.25) is 6.79 Å². The number of hydrogen-bond donors (Lipinski definition) is 0. The summed E-state index contributed by atoms with van der Waals surface area (Å²) in [6, 6.07) is 3.97. The molecule has 1 aromatic carbocycles. The molecule has 0 spiro atoms. The van der Waals surface area contributed by atoms with Crippen molar-refractivity contribution in [3.63, 3.8) is 0 Å². The molecule has 2 aliphatic rings. The van der Waals surface area contributed by atoms with Gasteiger partial charge in [-0.25, -0.2) is 9.66 Å². The number of aromatic nitrogens is 2. The molecule has 0 fully saturated rings. The van der Waals surface area contributed by atoms with Crippen LogP contribution in [0.15, 0.2) is 29.6 Å². The zero-order valence-corrected chi connectivity index (χ0v) is 8.96. The van der Waals surface area contributed by atoms with Crippen LogP contribution in [0.1, 0.15) is 17.0 Å². The summed E-state index contributed by atoms with van der Waals surface area (Å²) in [6.45, 7) is 0.296. The minimum Gasteiger partial charge on any atom is -0.454 e. The highest BCUT2D eigenvalue weighted by Gasteiger charge is 2.19. The number of imidazole rings is 1. The molecule has 5 nitrogen and oxygen atoms in total. The van der Waals surface area contributed by atoms with E-state index < -0.39 is 0 Å². The van der Waals surface area contributed by atoms with Gasteiger partial charge in [0.25, 0.3) is 0 Å². The molecule has 0 amide bonds. The van der Waals surface area contributed by atoms with E-state index in [4.69, 9.17) is 9.47 Å². The van der Waals surface area contributed by atoms with Crippen LogP contribution in [0, 0.1) is 0 Å². The fourth-order valence-electron chi connectivity index (χ4n) is 2.13. The SMILES string of the molecule is C1=Nn2ccnc2Cc2cc3c(cc21)OCO3. The van der Waals surface area contributed by atoms with Crippen molar-refractivity contribution in [1.82, 2.24) is 9.66 Å². The van der Waals surface area contributed by atoms with Crippen molar-refractivity contribution in [1.29, 1.82) is 0 Å². The second-order valence-corrected chi connectivity index (χ2v) is 4.01. The Hall–Kier alpha value is -2.30. The second kappa shape index (κ2) is 3.10. The van der Waals surface area contributed by atoms with E-state index in [1.165, 1.54) is 0 Å². The highest BCUT2D eigenvalue weighted by molar-refractivity contribution is 5.84. The average molecular weight is 227 g/mol. The van der Waals surface area contributed by atoms with E-state index in [1.807, 2.05) is 24.5 Å². The Morgan fingerprint density at radius 3 is 3.00 bits per heavy atom. The maximum Gasteiger partial charge on any atom is 0.231 e. The molecule has 1 aromatic heterocycles. The van der Waals surface area contributed by atoms with Gasteiger partial charge in [0.15, 0.2) is 11.5 Å². The number of rotatable bonds is 0. The van der Waals surface area contributed by atoms with E-state index in [0.29, 0.717) is 6.79 Å². The highest BCUT2D eigenvalue weighted by atomic mass is 16.7. The number of ether oxygens (including phenoxy) is 2. The molecule has 84 valence electrons. The third kappa shape index (κ3) is 1.25. The normalized spacial score (nSPS) is 15.3. The predicted molar refractivity (Wildman–Crippen MR) is 60.6 cm³/mol. The molecule has 0 saturated carbocycles. The maximum absolute atomic E-state index is 5.38. The van der Waals surface area contributed by atoms with E-state index in [1.54, 1.807) is 10.9 Å². The molecule has 4 rings (SSSR count). The van der Waals surface area contributed by atoms with Gasteiger partial charge >= 0.3 is 0 Å². The lowest BCUT2D eigenvalue weighted by atomic mass is 10.0. The molecule has 0 saturated heterocycles. The first-order valence-electron chi connectivity index (χ1n) is 5.39. The Kier molecular flexibility index (Phi) is 1.61. The van der Waals surface area contributed by atoms with Gasteiger partial charge in [-0.1, -0.05) is 0 Å². The Bertz CT molecular complexity index is 631. The van der Waals surface area contributed by atoms with E-state index >= 15 is 0 Å². The quantitative estimate of drug-likeness (QED) is 0.583. The summed E-state index contributed by atoms with van der Waals surface area (Å²) in [5.74, 6) is 2.52. The molecule has 0 unspecified atom stereocenters. The van der Waals surface area contributed by atoms with Crippen LogP contribution in [0.4, 0.5) is 0 Å². The Morgan fingerprint density at radius 1 is 1.18 bits per heavy atom. The van der Waals surface area contributed by atoms with Crippen molar-refractivity contribution in [2.75, 3.05) is 6.79 Å². The number of benzene rings is 1. The minimum atomic E-state index is 0.296. The minimum absolute atomic E-state index is 0.296. The van der Waals surface area contributed by atoms with E-state index in [2.05, 4.69) is 10.1 Å². The molecule has 3 heterocycles. The summed E-state index contributed by atoms with van der Waals surface area (Å²) in [5.41, 5.74) is 2.21. The number of hydrogen-bond acceptors (Lipinski definition) is 4. The van der Waals surface area contributed by atoms with Crippen LogP contribution in [0.5, 0.6) is 11.5 Å². The van der Waals surface area contributed by atoms with Gasteiger partial charge in [0.1, 0.15) is 5.82 Å². The third-order valence-corrected chi connectivity index (χ3v) is 3.00. The van der Waals surface area contributed by atoms with Crippen molar-refractivity contribution >= 4 is 6.21 Å². The topological polar surface area (TPSA) is 48.6 Å². The Balaban J connectivity index is 1.90. The van der Waals surface area contributed by atoms with E-state index in [-0.39, 0.29) is 0 Å². The van der Waals surface area contributed by atoms with Crippen LogP contribution in [0.25, 0.3) is 0 Å². The number of nitrogens with zero attached hydrogens (tertiary/aromatic N) is 3. The third-order valence-electron chi connectivity index (χ3n) is 3.00. The first-order chi connectivity index (χ1) is 8.40. The van der Waals surface area contributed by atoms with Crippen molar-refractivity contribution < 1.29 is 9.47 Å². The fraction of sp³-hybridized carbons (Fsp3) is 0.167. The summed E-state index contributed by atoms with van der Waals surface area (Å²) < 4.78 is 12.5. The largest absolute Gasteiger partial charge is 0.454 e. The standard InChI is InChI=1S/C12H9N3O2/c1-2-15-12(13-1)5-8-3-10-11(17-7-16-10)4-9(8)6-14-15/h1-4,6H,5,7H2. The smallest absolute Gasteiger partial charge is 0.231 e. The van der Waals surface area contributed by atoms with Crippen molar-refractivity contribution in [3.05, 3.63) is 41.5 Å². The summed E-state index contributed by atoms with van der Waals surface area (Å²) in [7, 11) is 0. The molecule has 0 N–H and O–H groups in total. The Labute approximate surface area is 97.3 Å². The Morgan fingerprint density at radius 2 is 2.06 bits per heavy atom. The highest BCUT2D eigenvalue weighted by Crippen LogP contribution is 2.35. The van der Waals surface area contributed by atoms with Crippen molar-refractivity contribution in [2.24, 2.45) is 5.10 Å². The second-order valence-electron chi connectivity index (χ2n) is 4.01. The molecule has 0 atom stereocenters. The van der Waals surface area contributed by atoms with Crippen LogP contribution < -0.4 is 9.47 Å². The molecule has 0 bridgehead atoms. The average Bonchev–Trinajstić information content (AvgIpc) is 2.92. The predicted octanol–water partition coefficient (Wildman–Crippen LogP) is 1.40. The zero-order chi connectivity index (χ0) is 11.2. The summed E-state index contributed by atoms with van der Waals surface area (Å²) in [6.07, 6.45) is 6.18. The van der Waals surface area contributed by atoms with E-state index in [9.17, 15) is 0 Å². The molecular weight excluding hydrogens is 218 g/mol. The van der Waals surface area contributed by atoms with Gasteiger partial charge in [-0.3, -0.25) is 0 Å². The van der Waals surface area contributed by atoms with Crippen LogP contribution in [0.2, 0.25) is 0 Å². The first-order valence-corrected chi connectivity index (χ1v) is 5.39. The van der Waals surface area contributed by atoms with Gasteiger partial charge in [0.05, 0.1) is 6.21 Å². The molecule has 0 radical (unpaired) electrons. The van der Waals surface area contributed by atoms with Crippen LogP contribution >= 0.6 is 0 Å². The summed E-state index contributed by atoms with van der Waals surface area (Å²) >= 11 is 0. The first kappa shape index (κ1) is 8.81. The zero-order valence-electron chi connectivity index (χ0n) is 8.96. The molecule has 17 heavy (non-hydrogen) atoms. The fourth-order valence-corrected chi connectivity index (χ4v) is 2.13. The number of fused-ring (bicyclic) bond motifs is 3. The lowest BCUT2D eigenvalue weighted by molar-refractivity contribution is 0.174. The van der Waals surface area contributed by atoms with Gasteiger partial charge in [0, 0.05) is 24.4 Å².